The normalized spacial score (nSPS) is 17.5. The maximum Gasteiger partial charge on any atom is 0.245 e. The second kappa shape index (κ2) is 7.61. The van der Waals surface area contributed by atoms with Crippen molar-refractivity contribution in [2.45, 2.75) is 50.0 Å². The van der Waals surface area contributed by atoms with Gasteiger partial charge in [0, 0.05) is 32.2 Å². The Labute approximate surface area is 132 Å². The van der Waals surface area contributed by atoms with E-state index in [4.69, 9.17) is 11.6 Å². The Hall–Kier alpha value is -0.590. The third-order valence-electron chi connectivity index (χ3n) is 4.08. The Kier molecular flexibility index (Phi) is 6.08. The Morgan fingerprint density at radius 1 is 1.38 bits per heavy atom. The minimum absolute atomic E-state index is 0.274. The van der Waals surface area contributed by atoms with Crippen LogP contribution in [0, 0.1) is 5.92 Å². The van der Waals surface area contributed by atoms with Crippen LogP contribution in [0.1, 0.15) is 38.5 Å². The maximum atomic E-state index is 12.5. The molecular formula is C14H24ClN3O2S. The molecule has 21 heavy (non-hydrogen) atoms. The van der Waals surface area contributed by atoms with Gasteiger partial charge in [-0.05, 0) is 25.2 Å². The van der Waals surface area contributed by atoms with E-state index < -0.39 is 10.0 Å². The third kappa shape index (κ3) is 4.44. The molecule has 1 aliphatic carbocycles. The molecule has 7 heteroatoms. The van der Waals surface area contributed by atoms with E-state index >= 15 is 0 Å². The quantitative estimate of drug-likeness (QED) is 0.721. The summed E-state index contributed by atoms with van der Waals surface area (Å²) in [5, 5.41) is 4.10. The van der Waals surface area contributed by atoms with Crippen LogP contribution in [0.25, 0.3) is 0 Å². The molecule has 120 valence electrons. The molecule has 0 spiro atoms. The van der Waals surface area contributed by atoms with Crippen LogP contribution in [0.4, 0.5) is 0 Å². The first-order valence-corrected chi connectivity index (χ1v) is 9.56. The van der Waals surface area contributed by atoms with Crippen LogP contribution < -0.4 is 0 Å². The molecule has 1 aromatic rings. The lowest BCUT2D eigenvalue weighted by Crippen LogP contribution is -2.32. The van der Waals surface area contributed by atoms with E-state index in [0.29, 0.717) is 24.9 Å². The summed E-state index contributed by atoms with van der Waals surface area (Å²) in [6.07, 6.45) is 9.79. The molecule has 1 fully saturated rings. The number of aryl methyl sites for hydroxylation is 1. The number of sulfonamides is 1. The van der Waals surface area contributed by atoms with Crippen LogP contribution >= 0.6 is 11.6 Å². The molecule has 0 aromatic carbocycles. The molecule has 0 atom stereocenters. The highest BCUT2D eigenvalue weighted by molar-refractivity contribution is 7.89. The Morgan fingerprint density at radius 2 is 2.10 bits per heavy atom. The van der Waals surface area contributed by atoms with E-state index in [1.165, 1.54) is 29.8 Å². The number of hydrogen-bond acceptors (Lipinski definition) is 3. The van der Waals surface area contributed by atoms with Crippen LogP contribution in [0.15, 0.2) is 17.3 Å². The van der Waals surface area contributed by atoms with E-state index in [2.05, 4.69) is 5.10 Å². The number of aromatic nitrogens is 2. The van der Waals surface area contributed by atoms with Crippen LogP contribution in [0.2, 0.25) is 0 Å². The van der Waals surface area contributed by atoms with Crippen molar-refractivity contribution in [3.63, 3.8) is 0 Å². The van der Waals surface area contributed by atoms with E-state index in [1.54, 1.807) is 17.9 Å². The first kappa shape index (κ1) is 16.8. The Balaban J connectivity index is 2.00. The van der Waals surface area contributed by atoms with Gasteiger partial charge in [-0.25, -0.2) is 12.7 Å². The molecule has 0 aliphatic heterocycles. The summed E-state index contributed by atoms with van der Waals surface area (Å²) in [7, 11) is -1.76. The Bertz CT molecular complexity index is 538. The number of rotatable bonds is 7. The predicted molar refractivity (Wildman–Crippen MR) is 84.0 cm³/mol. The standard InChI is InChI=1S/C14H24ClN3O2S/c1-17(11-13-6-3-2-4-7-13)21(19,20)14-10-16-18(12-14)9-5-8-15/h10,12-13H,2-9,11H2,1H3. The summed E-state index contributed by atoms with van der Waals surface area (Å²) < 4.78 is 28.2. The first-order chi connectivity index (χ1) is 10.0. The van der Waals surface area contributed by atoms with Crippen molar-refractivity contribution >= 4 is 21.6 Å². The first-order valence-electron chi connectivity index (χ1n) is 7.59. The van der Waals surface area contributed by atoms with Crippen LogP contribution in [0.5, 0.6) is 0 Å². The van der Waals surface area contributed by atoms with Crippen molar-refractivity contribution in [1.82, 2.24) is 14.1 Å². The van der Waals surface area contributed by atoms with Crippen molar-refractivity contribution in [2.24, 2.45) is 5.92 Å². The Morgan fingerprint density at radius 3 is 2.76 bits per heavy atom. The van der Waals surface area contributed by atoms with E-state index in [0.717, 1.165) is 19.3 Å². The second-order valence-corrected chi connectivity index (χ2v) is 8.19. The fourth-order valence-electron chi connectivity index (χ4n) is 2.83. The van der Waals surface area contributed by atoms with E-state index in [-0.39, 0.29) is 4.90 Å². The third-order valence-corrected chi connectivity index (χ3v) is 6.12. The summed E-state index contributed by atoms with van der Waals surface area (Å²) >= 11 is 5.64. The number of halogens is 1. The van der Waals surface area contributed by atoms with Crippen molar-refractivity contribution < 1.29 is 8.42 Å². The summed E-state index contributed by atoms with van der Waals surface area (Å²) in [6, 6.07) is 0. The van der Waals surface area contributed by atoms with Crippen LogP contribution in [-0.4, -0.2) is 42.0 Å². The van der Waals surface area contributed by atoms with Gasteiger partial charge in [-0.1, -0.05) is 19.3 Å². The van der Waals surface area contributed by atoms with Gasteiger partial charge in [0.25, 0.3) is 0 Å². The van der Waals surface area contributed by atoms with Gasteiger partial charge in [-0.2, -0.15) is 5.10 Å². The zero-order chi connectivity index (χ0) is 15.3. The largest absolute Gasteiger partial charge is 0.271 e. The molecule has 1 aromatic heterocycles. The second-order valence-electron chi connectivity index (χ2n) is 5.77. The molecule has 0 saturated heterocycles. The highest BCUT2D eigenvalue weighted by Gasteiger charge is 2.25. The molecule has 1 aliphatic rings. The molecule has 0 N–H and O–H groups in total. The number of alkyl halides is 1. The van der Waals surface area contributed by atoms with Gasteiger partial charge in [0.2, 0.25) is 10.0 Å². The molecule has 1 saturated carbocycles. The average Bonchev–Trinajstić information content (AvgIpc) is 2.95. The van der Waals surface area contributed by atoms with E-state index in [1.807, 2.05) is 0 Å². The molecule has 2 rings (SSSR count). The van der Waals surface area contributed by atoms with Crippen molar-refractivity contribution in [1.29, 1.82) is 0 Å². The number of hydrogen-bond donors (Lipinski definition) is 0. The van der Waals surface area contributed by atoms with Crippen LogP contribution in [0.3, 0.4) is 0 Å². The lowest BCUT2D eigenvalue weighted by molar-refractivity contribution is 0.300. The van der Waals surface area contributed by atoms with Crippen LogP contribution in [-0.2, 0) is 16.6 Å². The van der Waals surface area contributed by atoms with Gasteiger partial charge in [0.1, 0.15) is 4.90 Å². The molecular weight excluding hydrogens is 310 g/mol. The van der Waals surface area contributed by atoms with Gasteiger partial charge in [-0.15, -0.1) is 11.6 Å². The lowest BCUT2D eigenvalue weighted by atomic mass is 9.89. The molecule has 1 heterocycles. The van der Waals surface area contributed by atoms with Gasteiger partial charge < -0.3 is 0 Å². The zero-order valence-corrected chi connectivity index (χ0v) is 14.1. The highest BCUT2D eigenvalue weighted by atomic mass is 35.5. The fraction of sp³-hybridized carbons (Fsp3) is 0.786. The molecule has 5 nitrogen and oxygen atoms in total. The maximum absolute atomic E-state index is 12.5. The molecule has 0 amide bonds. The highest BCUT2D eigenvalue weighted by Crippen LogP contribution is 2.25. The lowest BCUT2D eigenvalue weighted by Gasteiger charge is -2.26. The van der Waals surface area contributed by atoms with Crippen molar-refractivity contribution in [3.8, 4) is 0 Å². The van der Waals surface area contributed by atoms with Crippen molar-refractivity contribution in [3.05, 3.63) is 12.4 Å². The van der Waals surface area contributed by atoms with Gasteiger partial charge >= 0.3 is 0 Å². The zero-order valence-electron chi connectivity index (χ0n) is 12.5. The molecule has 0 bridgehead atoms. The monoisotopic (exact) mass is 333 g/mol. The van der Waals surface area contributed by atoms with Gasteiger partial charge in [0.15, 0.2) is 0 Å². The fourth-order valence-corrected chi connectivity index (χ4v) is 4.15. The molecule has 0 radical (unpaired) electrons. The SMILES string of the molecule is CN(CC1CCCCC1)S(=O)(=O)c1cnn(CCCCl)c1. The summed E-state index contributed by atoms with van der Waals surface area (Å²) in [6.45, 7) is 1.25. The van der Waals surface area contributed by atoms with Gasteiger partial charge in [0.05, 0.1) is 6.20 Å². The van der Waals surface area contributed by atoms with E-state index in [9.17, 15) is 8.42 Å². The number of nitrogens with zero attached hydrogens (tertiary/aromatic N) is 3. The minimum atomic E-state index is -3.43. The average molecular weight is 334 g/mol. The topological polar surface area (TPSA) is 55.2 Å². The smallest absolute Gasteiger partial charge is 0.245 e. The van der Waals surface area contributed by atoms with Crippen molar-refractivity contribution in [2.75, 3.05) is 19.5 Å². The summed E-state index contributed by atoms with van der Waals surface area (Å²) in [5.74, 6) is 1.04. The summed E-state index contributed by atoms with van der Waals surface area (Å²) in [5.41, 5.74) is 0. The predicted octanol–water partition coefficient (Wildman–Crippen LogP) is 2.71. The summed E-state index contributed by atoms with van der Waals surface area (Å²) in [4.78, 5) is 0.274. The molecule has 0 unspecified atom stereocenters. The minimum Gasteiger partial charge on any atom is -0.271 e. The van der Waals surface area contributed by atoms with Gasteiger partial charge in [-0.3, -0.25) is 4.68 Å².